The molecule has 0 unspecified atom stereocenters. The first kappa shape index (κ1) is 12.3. The molecule has 3 rings (SSSR count). The minimum atomic E-state index is 0.548. The normalized spacial score (nSPS) is 10.8. The van der Waals surface area contributed by atoms with E-state index in [9.17, 15) is 0 Å². The lowest BCUT2D eigenvalue weighted by atomic mass is 10.2. The van der Waals surface area contributed by atoms with Gasteiger partial charge in [-0.25, -0.2) is 4.98 Å². The van der Waals surface area contributed by atoms with Crippen LogP contribution in [0, 0.1) is 6.92 Å². The van der Waals surface area contributed by atoms with Crippen molar-refractivity contribution in [3.8, 4) is 10.9 Å². The maximum Gasteiger partial charge on any atom is 0.279 e. The molecule has 0 saturated heterocycles. The van der Waals surface area contributed by atoms with Gasteiger partial charge in [-0.2, -0.15) is 0 Å². The molecule has 1 heterocycles. The molecule has 0 atom stereocenters. The van der Waals surface area contributed by atoms with Crippen LogP contribution in [-0.4, -0.2) is 4.98 Å². The molecule has 0 spiro atoms. The molecule has 3 aromatic rings. The molecule has 0 aliphatic carbocycles. The van der Waals surface area contributed by atoms with Gasteiger partial charge in [0.2, 0.25) is 0 Å². The van der Waals surface area contributed by atoms with Gasteiger partial charge < -0.3 is 10.5 Å². The predicted molar refractivity (Wildman–Crippen MR) is 80.3 cm³/mol. The number of halogens is 1. The number of hydrogen-bond acceptors (Lipinski definition) is 4. The standard InChI is InChI=1S/C14H11ClN2OS/c1-8-3-2-4-12-13(8)17-14(19-12)18-11-6-9(15)5-10(16)7-11/h2-7H,16H2,1H3. The number of thiazole rings is 1. The summed E-state index contributed by atoms with van der Waals surface area (Å²) < 4.78 is 6.82. The van der Waals surface area contributed by atoms with Crippen molar-refractivity contribution in [3.63, 3.8) is 0 Å². The number of aryl methyl sites for hydroxylation is 1. The van der Waals surface area contributed by atoms with E-state index < -0.39 is 0 Å². The van der Waals surface area contributed by atoms with Crippen molar-refractivity contribution in [2.45, 2.75) is 6.92 Å². The molecule has 0 aliphatic heterocycles. The first-order valence-corrected chi connectivity index (χ1v) is 6.91. The fourth-order valence-corrected chi connectivity index (χ4v) is 3.00. The lowest BCUT2D eigenvalue weighted by Gasteiger charge is -2.03. The Bertz CT molecular complexity index is 734. The maximum atomic E-state index is 5.94. The Hall–Kier alpha value is -1.78. The molecule has 0 saturated carbocycles. The Morgan fingerprint density at radius 3 is 2.84 bits per heavy atom. The smallest absolute Gasteiger partial charge is 0.279 e. The van der Waals surface area contributed by atoms with Gasteiger partial charge in [-0.1, -0.05) is 35.1 Å². The number of hydrogen-bond donors (Lipinski definition) is 1. The quantitative estimate of drug-likeness (QED) is 0.700. The van der Waals surface area contributed by atoms with Crippen molar-refractivity contribution in [3.05, 3.63) is 47.0 Å². The maximum absolute atomic E-state index is 5.94. The summed E-state index contributed by atoms with van der Waals surface area (Å²) in [5, 5.41) is 1.14. The summed E-state index contributed by atoms with van der Waals surface area (Å²) in [6, 6.07) is 11.2. The van der Waals surface area contributed by atoms with Gasteiger partial charge in [0.25, 0.3) is 5.19 Å². The zero-order chi connectivity index (χ0) is 13.4. The monoisotopic (exact) mass is 290 g/mol. The number of para-hydroxylation sites is 1. The highest BCUT2D eigenvalue weighted by molar-refractivity contribution is 7.20. The van der Waals surface area contributed by atoms with Gasteiger partial charge in [0.05, 0.1) is 10.2 Å². The molecule has 3 nitrogen and oxygen atoms in total. The number of anilines is 1. The average Bonchev–Trinajstić information content (AvgIpc) is 2.71. The molecule has 5 heteroatoms. The van der Waals surface area contributed by atoms with E-state index in [1.54, 1.807) is 18.2 Å². The van der Waals surface area contributed by atoms with Crippen molar-refractivity contribution >= 4 is 38.8 Å². The summed E-state index contributed by atoms with van der Waals surface area (Å²) in [5.74, 6) is 0.599. The molecule has 2 aromatic carbocycles. The Morgan fingerprint density at radius 1 is 1.26 bits per heavy atom. The van der Waals surface area contributed by atoms with E-state index in [1.165, 1.54) is 11.3 Å². The second-order valence-electron chi connectivity index (χ2n) is 4.22. The zero-order valence-corrected chi connectivity index (χ0v) is 11.8. The van der Waals surface area contributed by atoms with Crippen molar-refractivity contribution in [2.24, 2.45) is 0 Å². The third-order valence-corrected chi connectivity index (χ3v) is 3.82. The number of nitrogens with two attached hydrogens (primary N) is 1. The fourth-order valence-electron chi connectivity index (χ4n) is 1.85. The van der Waals surface area contributed by atoms with Crippen molar-refractivity contribution in [2.75, 3.05) is 5.73 Å². The molecule has 0 fully saturated rings. The van der Waals surface area contributed by atoms with Gasteiger partial charge >= 0.3 is 0 Å². The van der Waals surface area contributed by atoms with Gasteiger partial charge in [0.1, 0.15) is 5.75 Å². The van der Waals surface area contributed by atoms with Crippen LogP contribution in [0.3, 0.4) is 0 Å². The summed E-state index contributed by atoms with van der Waals surface area (Å²) in [7, 11) is 0. The second-order valence-corrected chi connectivity index (χ2v) is 5.65. The first-order chi connectivity index (χ1) is 9.11. The zero-order valence-electron chi connectivity index (χ0n) is 10.2. The van der Waals surface area contributed by atoms with Crippen LogP contribution in [0.1, 0.15) is 5.56 Å². The third kappa shape index (κ3) is 2.50. The van der Waals surface area contributed by atoms with E-state index in [0.29, 0.717) is 21.7 Å². The van der Waals surface area contributed by atoms with Crippen LogP contribution >= 0.6 is 22.9 Å². The van der Waals surface area contributed by atoms with Crippen molar-refractivity contribution in [1.29, 1.82) is 0 Å². The Balaban J connectivity index is 1.99. The molecule has 0 amide bonds. The molecular weight excluding hydrogens is 280 g/mol. The molecular formula is C14H11ClN2OS. The van der Waals surface area contributed by atoms with Crippen LogP contribution in [0.2, 0.25) is 5.02 Å². The highest BCUT2D eigenvalue weighted by atomic mass is 35.5. The van der Waals surface area contributed by atoms with E-state index in [-0.39, 0.29) is 0 Å². The highest BCUT2D eigenvalue weighted by Crippen LogP contribution is 2.34. The van der Waals surface area contributed by atoms with Crippen LogP contribution in [0.15, 0.2) is 36.4 Å². The van der Waals surface area contributed by atoms with E-state index >= 15 is 0 Å². The minimum Gasteiger partial charge on any atom is -0.431 e. The van der Waals surface area contributed by atoms with Gasteiger partial charge in [-0.05, 0) is 30.7 Å². The van der Waals surface area contributed by atoms with Crippen LogP contribution in [0.5, 0.6) is 10.9 Å². The first-order valence-electron chi connectivity index (χ1n) is 5.72. The number of nitrogen functional groups attached to an aromatic ring is 1. The topological polar surface area (TPSA) is 48.1 Å². The van der Waals surface area contributed by atoms with Gasteiger partial charge in [-0.15, -0.1) is 0 Å². The van der Waals surface area contributed by atoms with E-state index in [2.05, 4.69) is 4.98 Å². The number of aromatic nitrogens is 1. The minimum absolute atomic E-state index is 0.548. The number of ether oxygens (including phenoxy) is 1. The number of nitrogens with zero attached hydrogens (tertiary/aromatic N) is 1. The second kappa shape index (κ2) is 4.72. The number of fused-ring (bicyclic) bond motifs is 1. The van der Waals surface area contributed by atoms with E-state index in [1.807, 2.05) is 25.1 Å². The van der Waals surface area contributed by atoms with E-state index in [0.717, 1.165) is 15.8 Å². The molecule has 0 bridgehead atoms. The number of benzene rings is 2. The summed E-state index contributed by atoms with van der Waals surface area (Å²) in [6.45, 7) is 2.03. The van der Waals surface area contributed by atoms with Gasteiger partial charge in [-0.3, -0.25) is 0 Å². The van der Waals surface area contributed by atoms with E-state index in [4.69, 9.17) is 22.1 Å². The highest BCUT2D eigenvalue weighted by Gasteiger charge is 2.08. The van der Waals surface area contributed by atoms with Crippen molar-refractivity contribution < 1.29 is 4.74 Å². The molecule has 96 valence electrons. The molecule has 0 radical (unpaired) electrons. The predicted octanol–water partition coefficient (Wildman–Crippen LogP) is 4.63. The SMILES string of the molecule is Cc1cccc2sc(Oc3cc(N)cc(Cl)c3)nc12. The molecule has 2 N–H and O–H groups in total. The van der Waals surface area contributed by atoms with Crippen LogP contribution < -0.4 is 10.5 Å². The van der Waals surface area contributed by atoms with Gasteiger partial charge in [0.15, 0.2) is 0 Å². The largest absolute Gasteiger partial charge is 0.431 e. The molecule has 1 aromatic heterocycles. The molecule has 19 heavy (non-hydrogen) atoms. The van der Waals surface area contributed by atoms with Crippen LogP contribution in [0.4, 0.5) is 5.69 Å². The Labute approximate surface area is 119 Å². The van der Waals surface area contributed by atoms with Crippen LogP contribution in [-0.2, 0) is 0 Å². The number of rotatable bonds is 2. The fraction of sp³-hybridized carbons (Fsp3) is 0.0714. The average molecular weight is 291 g/mol. The summed E-state index contributed by atoms with van der Waals surface area (Å²) in [4.78, 5) is 4.48. The van der Waals surface area contributed by atoms with Crippen molar-refractivity contribution in [1.82, 2.24) is 4.98 Å². The molecule has 0 aliphatic rings. The van der Waals surface area contributed by atoms with Gasteiger partial charge in [0, 0.05) is 16.8 Å². The summed E-state index contributed by atoms with van der Waals surface area (Å²) in [5.41, 5.74) is 8.40. The lowest BCUT2D eigenvalue weighted by Crippen LogP contribution is -1.88. The Kier molecular flexibility index (Phi) is 3.05. The lowest BCUT2D eigenvalue weighted by molar-refractivity contribution is 0.480. The summed E-state index contributed by atoms with van der Waals surface area (Å²) >= 11 is 7.44. The third-order valence-electron chi connectivity index (χ3n) is 2.70. The Morgan fingerprint density at radius 2 is 2.11 bits per heavy atom. The van der Waals surface area contributed by atoms with Crippen LogP contribution in [0.25, 0.3) is 10.2 Å². The summed E-state index contributed by atoms with van der Waals surface area (Å²) in [6.07, 6.45) is 0.